The van der Waals surface area contributed by atoms with Gasteiger partial charge in [0.05, 0.1) is 6.61 Å². The second kappa shape index (κ2) is 6.85. The third-order valence-corrected chi connectivity index (χ3v) is 4.66. The Labute approximate surface area is 121 Å². The summed E-state index contributed by atoms with van der Waals surface area (Å²) < 4.78 is 5.75. The molecule has 108 valence electrons. The van der Waals surface area contributed by atoms with Gasteiger partial charge in [0.25, 0.3) is 0 Å². The monoisotopic (exact) mass is 272 g/mol. The maximum Gasteiger partial charge on any atom is 0.126 e. The molecule has 1 aliphatic rings. The van der Waals surface area contributed by atoms with E-state index < -0.39 is 0 Å². The van der Waals surface area contributed by atoms with E-state index in [2.05, 4.69) is 38.1 Å². The zero-order valence-electron chi connectivity index (χ0n) is 12.4. The largest absolute Gasteiger partial charge is 0.377 e. The highest BCUT2D eigenvalue weighted by atomic mass is 16.5. The van der Waals surface area contributed by atoms with Crippen LogP contribution in [0.15, 0.2) is 42.5 Å². The van der Waals surface area contributed by atoms with Crippen LogP contribution in [0.5, 0.6) is 0 Å². The molecule has 0 fully saturated rings. The van der Waals surface area contributed by atoms with Crippen LogP contribution in [-0.2, 0) is 16.1 Å². The van der Waals surface area contributed by atoms with E-state index in [0.29, 0.717) is 25.0 Å². The summed E-state index contributed by atoms with van der Waals surface area (Å²) in [7, 11) is 0. The van der Waals surface area contributed by atoms with Crippen LogP contribution >= 0.6 is 0 Å². The Morgan fingerprint density at radius 1 is 1.35 bits per heavy atom. The van der Waals surface area contributed by atoms with Gasteiger partial charge in [-0.15, -0.1) is 0 Å². The Morgan fingerprint density at radius 2 is 2.10 bits per heavy atom. The summed E-state index contributed by atoms with van der Waals surface area (Å²) in [4.78, 5) is 11.5. The topological polar surface area (TPSA) is 26.3 Å². The van der Waals surface area contributed by atoms with Gasteiger partial charge < -0.3 is 9.53 Å². The molecule has 1 aromatic rings. The number of aldehydes is 1. The summed E-state index contributed by atoms with van der Waals surface area (Å²) in [6.45, 7) is 5.58. The number of hydrogen-bond donors (Lipinski definition) is 0. The summed E-state index contributed by atoms with van der Waals surface area (Å²) in [5, 5.41) is 0. The van der Waals surface area contributed by atoms with Gasteiger partial charge in [-0.25, -0.2) is 0 Å². The number of carbonyl (C=O) groups excluding carboxylic acids is 1. The Bertz CT molecular complexity index is 452. The van der Waals surface area contributed by atoms with Crippen LogP contribution in [-0.4, -0.2) is 12.9 Å². The van der Waals surface area contributed by atoms with Crippen molar-refractivity contribution in [3.63, 3.8) is 0 Å². The van der Waals surface area contributed by atoms with Crippen molar-refractivity contribution in [3.8, 4) is 0 Å². The summed E-state index contributed by atoms with van der Waals surface area (Å²) in [5.41, 5.74) is 0.948. The molecule has 1 aliphatic carbocycles. The predicted molar refractivity (Wildman–Crippen MR) is 81.3 cm³/mol. The minimum atomic E-state index is -0.245. The Hall–Kier alpha value is -1.41. The molecule has 0 bridgehead atoms. The molecule has 20 heavy (non-hydrogen) atoms. The molecule has 0 saturated heterocycles. The van der Waals surface area contributed by atoms with E-state index in [1.54, 1.807) is 0 Å². The van der Waals surface area contributed by atoms with Gasteiger partial charge in [0.15, 0.2) is 0 Å². The van der Waals surface area contributed by atoms with Crippen molar-refractivity contribution in [2.24, 2.45) is 17.3 Å². The minimum absolute atomic E-state index is 0.245. The van der Waals surface area contributed by atoms with Crippen LogP contribution in [0, 0.1) is 17.3 Å². The molecule has 0 heterocycles. The molecule has 0 N–H and O–H groups in total. The molecule has 2 rings (SSSR count). The molecule has 0 aromatic heterocycles. The highest BCUT2D eigenvalue weighted by Crippen LogP contribution is 2.41. The lowest BCUT2D eigenvalue weighted by Crippen LogP contribution is -2.37. The third-order valence-electron chi connectivity index (χ3n) is 4.66. The van der Waals surface area contributed by atoms with Gasteiger partial charge in [-0.2, -0.15) is 0 Å². The number of allylic oxidation sites excluding steroid dienone is 2. The van der Waals surface area contributed by atoms with E-state index in [9.17, 15) is 4.79 Å². The van der Waals surface area contributed by atoms with Crippen LogP contribution in [0.4, 0.5) is 0 Å². The molecule has 0 spiro atoms. The lowest BCUT2D eigenvalue weighted by molar-refractivity contribution is -0.120. The average molecular weight is 272 g/mol. The number of benzene rings is 1. The molecule has 0 aliphatic heterocycles. The number of carbonyl (C=O) groups is 1. The van der Waals surface area contributed by atoms with E-state index >= 15 is 0 Å². The van der Waals surface area contributed by atoms with Crippen molar-refractivity contribution >= 4 is 6.29 Å². The highest BCUT2D eigenvalue weighted by molar-refractivity contribution is 5.61. The van der Waals surface area contributed by atoms with Crippen LogP contribution in [0.1, 0.15) is 32.3 Å². The fourth-order valence-electron chi connectivity index (χ4n) is 2.86. The fourth-order valence-corrected chi connectivity index (χ4v) is 2.86. The molecule has 0 saturated carbocycles. The Balaban J connectivity index is 1.82. The van der Waals surface area contributed by atoms with Gasteiger partial charge in [0, 0.05) is 12.0 Å². The first kappa shape index (κ1) is 15.0. The van der Waals surface area contributed by atoms with Gasteiger partial charge in [0.1, 0.15) is 6.29 Å². The third kappa shape index (κ3) is 3.37. The van der Waals surface area contributed by atoms with Crippen LogP contribution in [0.3, 0.4) is 0 Å². The van der Waals surface area contributed by atoms with Gasteiger partial charge in [-0.3, -0.25) is 0 Å². The van der Waals surface area contributed by atoms with Crippen molar-refractivity contribution in [1.29, 1.82) is 0 Å². The smallest absolute Gasteiger partial charge is 0.126 e. The first-order valence-corrected chi connectivity index (χ1v) is 7.41. The maximum absolute atomic E-state index is 11.5. The van der Waals surface area contributed by atoms with Gasteiger partial charge in [-0.1, -0.05) is 56.3 Å². The van der Waals surface area contributed by atoms with Crippen molar-refractivity contribution < 1.29 is 9.53 Å². The first-order chi connectivity index (χ1) is 9.66. The van der Waals surface area contributed by atoms with Gasteiger partial charge in [0.2, 0.25) is 0 Å². The van der Waals surface area contributed by atoms with Gasteiger partial charge in [-0.05, 0) is 30.2 Å². The van der Waals surface area contributed by atoms with Crippen LogP contribution in [0.25, 0.3) is 0 Å². The normalized spacial score (nSPS) is 29.3. The zero-order valence-corrected chi connectivity index (χ0v) is 12.4. The second-order valence-electron chi connectivity index (χ2n) is 5.98. The molecule has 0 amide bonds. The highest BCUT2D eigenvalue weighted by Gasteiger charge is 2.39. The van der Waals surface area contributed by atoms with E-state index in [0.717, 1.165) is 19.1 Å². The maximum atomic E-state index is 11.5. The summed E-state index contributed by atoms with van der Waals surface area (Å²) in [6.07, 6.45) is 7.45. The van der Waals surface area contributed by atoms with Gasteiger partial charge >= 0.3 is 0 Å². The van der Waals surface area contributed by atoms with Crippen molar-refractivity contribution in [2.75, 3.05) is 6.61 Å². The number of rotatable bonds is 6. The first-order valence-electron chi connectivity index (χ1n) is 7.41. The average Bonchev–Trinajstić information content (AvgIpc) is 2.49. The number of ether oxygens (including phenoxy) is 1. The Morgan fingerprint density at radius 3 is 2.80 bits per heavy atom. The van der Waals surface area contributed by atoms with E-state index in [4.69, 9.17) is 4.74 Å². The second-order valence-corrected chi connectivity index (χ2v) is 5.98. The van der Waals surface area contributed by atoms with Crippen molar-refractivity contribution in [2.45, 2.75) is 33.3 Å². The number of hydrogen-bond acceptors (Lipinski definition) is 2. The van der Waals surface area contributed by atoms with Crippen LogP contribution in [0.2, 0.25) is 0 Å². The molecule has 0 unspecified atom stereocenters. The van der Waals surface area contributed by atoms with Crippen molar-refractivity contribution in [1.82, 2.24) is 0 Å². The fraction of sp³-hybridized carbons (Fsp3) is 0.500. The molecule has 3 atom stereocenters. The molecular weight excluding hydrogens is 248 g/mol. The predicted octanol–water partition coefficient (Wildman–Crippen LogP) is 4.01. The van der Waals surface area contributed by atoms with Crippen LogP contribution < -0.4 is 0 Å². The lowest BCUT2D eigenvalue weighted by Gasteiger charge is -2.39. The summed E-state index contributed by atoms with van der Waals surface area (Å²) in [6, 6.07) is 10.2. The van der Waals surface area contributed by atoms with E-state index in [1.165, 1.54) is 5.56 Å². The SMILES string of the molecule is C[C@@H]1CC=C[C@@H](CCOCc2ccccc2)[C@@]1(C)C=O. The molecule has 0 radical (unpaired) electrons. The Kier molecular flexibility index (Phi) is 5.13. The molecule has 2 nitrogen and oxygen atoms in total. The summed E-state index contributed by atoms with van der Waals surface area (Å²) in [5.74, 6) is 0.698. The quantitative estimate of drug-likeness (QED) is 0.444. The lowest BCUT2D eigenvalue weighted by atomic mass is 9.64. The van der Waals surface area contributed by atoms with E-state index in [1.807, 2.05) is 18.2 Å². The molecular formula is C18H24O2. The summed E-state index contributed by atoms with van der Waals surface area (Å²) >= 11 is 0. The molecule has 1 aromatic carbocycles. The standard InChI is InChI=1S/C18H24O2/c1-15-7-6-10-17(18(15,2)14-19)11-12-20-13-16-8-4-3-5-9-16/h3-6,8-10,14-15,17H,7,11-13H2,1-2H3/t15-,17+,18+/m1/s1. The zero-order chi connectivity index (χ0) is 14.4. The molecule has 2 heteroatoms. The minimum Gasteiger partial charge on any atom is -0.377 e. The van der Waals surface area contributed by atoms with E-state index in [-0.39, 0.29) is 5.41 Å². The van der Waals surface area contributed by atoms with Crippen molar-refractivity contribution in [3.05, 3.63) is 48.0 Å².